The van der Waals surface area contributed by atoms with E-state index in [1.54, 1.807) is 24.7 Å². The first-order valence-corrected chi connectivity index (χ1v) is 7.56. The van der Waals surface area contributed by atoms with Crippen molar-refractivity contribution in [1.82, 2.24) is 19.9 Å². The number of rotatable bonds is 0. The standard InChI is InChI=1S/C8H6BrN3.C8H7N3/c9-8-7-5(2-1-3-11-7)4-6(10)12-8;9-8-4-6-2-1-3-10-7(6)5-11-8/h1-4H,(H2,10,12);1-5H,(H2,9,11). The molecule has 4 rings (SSSR count). The minimum Gasteiger partial charge on any atom is -0.384 e. The van der Waals surface area contributed by atoms with Crippen LogP contribution in [-0.4, -0.2) is 19.9 Å². The Morgan fingerprint density at radius 3 is 2.35 bits per heavy atom. The smallest absolute Gasteiger partial charge is 0.134 e. The van der Waals surface area contributed by atoms with Crippen LogP contribution in [0.25, 0.3) is 21.8 Å². The third kappa shape index (κ3) is 3.51. The van der Waals surface area contributed by atoms with E-state index in [1.165, 1.54) is 0 Å². The van der Waals surface area contributed by atoms with Crippen LogP contribution in [0.5, 0.6) is 0 Å². The number of hydrogen-bond acceptors (Lipinski definition) is 6. The molecule has 0 atom stereocenters. The molecule has 0 fully saturated rings. The van der Waals surface area contributed by atoms with Gasteiger partial charge >= 0.3 is 0 Å². The van der Waals surface area contributed by atoms with E-state index in [-0.39, 0.29) is 0 Å². The van der Waals surface area contributed by atoms with Gasteiger partial charge in [0.1, 0.15) is 21.8 Å². The Bertz CT molecular complexity index is 973. The summed E-state index contributed by atoms with van der Waals surface area (Å²) in [6, 6.07) is 11.3. The van der Waals surface area contributed by atoms with Crippen molar-refractivity contribution in [3.63, 3.8) is 0 Å². The van der Waals surface area contributed by atoms with Gasteiger partial charge in [0.2, 0.25) is 0 Å². The number of anilines is 2. The van der Waals surface area contributed by atoms with Gasteiger partial charge in [-0.25, -0.2) is 9.97 Å². The minimum atomic E-state index is 0.502. The summed E-state index contributed by atoms with van der Waals surface area (Å²) >= 11 is 3.29. The molecule has 0 unspecified atom stereocenters. The Balaban J connectivity index is 0.000000136. The van der Waals surface area contributed by atoms with Crippen molar-refractivity contribution in [1.29, 1.82) is 0 Å². The van der Waals surface area contributed by atoms with E-state index in [0.29, 0.717) is 16.2 Å². The molecular weight excluding hydrogens is 356 g/mol. The first-order chi connectivity index (χ1) is 11.1. The third-order valence-electron chi connectivity index (χ3n) is 3.08. The van der Waals surface area contributed by atoms with Gasteiger partial charge in [-0.2, -0.15) is 0 Å². The number of nitrogens with two attached hydrogens (primary N) is 2. The number of pyridine rings is 4. The monoisotopic (exact) mass is 368 g/mol. The van der Waals surface area contributed by atoms with Crippen LogP contribution >= 0.6 is 15.9 Å². The van der Waals surface area contributed by atoms with Gasteiger partial charge in [-0.3, -0.25) is 9.97 Å². The van der Waals surface area contributed by atoms with Gasteiger partial charge in [0.25, 0.3) is 0 Å². The van der Waals surface area contributed by atoms with Gasteiger partial charge < -0.3 is 11.5 Å². The van der Waals surface area contributed by atoms with E-state index >= 15 is 0 Å². The van der Waals surface area contributed by atoms with Crippen molar-refractivity contribution in [2.24, 2.45) is 0 Å². The molecule has 6 nitrogen and oxygen atoms in total. The summed E-state index contributed by atoms with van der Waals surface area (Å²) in [6.45, 7) is 0. The highest BCUT2D eigenvalue weighted by Gasteiger charge is 2.00. The van der Waals surface area contributed by atoms with E-state index in [9.17, 15) is 0 Å². The summed E-state index contributed by atoms with van der Waals surface area (Å²) in [5, 5.41) is 2.02. The topological polar surface area (TPSA) is 104 Å². The maximum absolute atomic E-state index is 5.56. The maximum atomic E-state index is 5.56. The Labute approximate surface area is 140 Å². The molecule has 0 saturated heterocycles. The molecule has 4 heterocycles. The zero-order valence-electron chi connectivity index (χ0n) is 12.0. The predicted molar refractivity (Wildman–Crippen MR) is 95.6 cm³/mol. The summed E-state index contributed by atoms with van der Waals surface area (Å²) in [6.07, 6.45) is 5.13. The average molecular weight is 369 g/mol. The summed E-state index contributed by atoms with van der Waals surface area (Å²) in [5.74, 6) is 1.04. The van der Waals surface area contributed by atoms with Crippen LogP contribution in [0.2, 0.25) is 0 Å². The molecule has 0 amide bonds. The SMILES string of the molecule is Nc1cc2cccnc2c(Br)n1.Nc1cc2cccnc2cn1. The normalized spacial score (nSPS) is 10.3. The number of aromatic nitrogens is 4. The number of halogens is 1. The summed E-state index contributed by atoms with van der Waals surface area (Å²) in [5.41, 5.74) is 12.8. The average Bonchev–Trinajstić information content (AvgIpc) is 2.55. The van der Waals surface area contributed by atoms with Crippen molar-refractivity contribution in [2.75, 3.05) is 11.5 Å². The van der Waals surface area contributed by atoms with Crippen LogP contribution in [0.15, 0.2) is 59.6 Å². The van der Waals surface area contributed by atoms with Crippen LogP contribution in [0.3, 0.4) is 0 Å². The van der Waals surface area contributed by atoms with Crippen molar-refractivity contribution < 1.29 is 0 Å². The molecule has 0 aliphatic rings. The molecule has 7 heteroatoms. The number of fused-ring (bicyclic) bond motifs is 2. The lowest BCUT2D eigenvalue weighted by molar-refractivity contribution is 1.28. The maximum Gasteiger partial charge on any atom is 0.134 e. The van der Waals surface area contributed by atoms with Gasteiger partial charge in [-0.15, -0.1) is 0 Å². The molecule has 0 aliphatic heterocycles. The van der Waals surface area contributed by atoms with Gasteiger partial charge in [0.15, 0.2) is 0 Å². The van der Waals surface area contributed by atoms with Gasteiger partial charge in [-0.05, 0) is 40.2 Å². The van der Waals surface area contributed by atoms with Crippen molar-refractivity contribution in [3.8, 4) is 0 Å². The Kier molecular flexibility index (Phi) is 4.29. The van der Waals surface area contributed by atoms with E-state index in [0.717, 1.165) is 21.8 Å². The molecule has 114 valence electrons. The van der Waals surface area contributed by atoms with Crippen molar-refractivity contribution in [2.45, 2.75) is 0 Å². The molecule has 0 aromatic carbocycles. The fourth-order valence-corrected chi connectivity index (χ4v) is 2.59. The van der Waals surface area contributed by atoms with Gasteiger partial charge in [-0.1, -0.05) is 12.1 Å². The fourth-order valence-electron chi connectivity index (χ4n) is 2.06. The highest BCUT2D eigenvalue weighted by atomic mass is 79.9. The first kappa shape index (κ1) is 15.1. The van der Waals surface area contributed by atoms with Crippen LogP contribution in [-0.2, 0) is 0 Å². The zero-order chi connectivity index (χ0) is 16.2. The van der Waals surface area contributed by atoms with Crippen LogP contribution < -0.4 is 11.5 Å². The first-order valence-electron chi connectivity index (χ1n) is 6.76. The Morgan fingerprint density at radius 1 is 0.826 bits per heavy atom. The molecule has 4 aromatic rings. The van der Waals surface area contributed by atoms with Gasteiger partial charge in [0.05, 0.1) is 11.7 Å². The highest BCUT2D eigenvalue weighted by molar-refractivity contribution is 9.10. The highest BCUT2D eigenvalue weighted by Crippen LogP contribution is 2.21. The van der Waals surface area contributed by atoms with Crippen LogP contribution in [0.4, 0.5) is 11.6 Å². The second-order valence-corrected chi connectivity index (χ2v) is 5.47. The molecule has 0 aliphatic carbocycles. The largest absolute Gasteiger partial charge is 0.384 e. The quantitative estimate of drug-likeness (QED) is 0.462. The molecule has 0 spiro atoms. The minimum absolute atomic E-state index is 0.502. The second kappa shape index (κ2) is 6.53. The number of nitrogens with zero attached hydrogens (tertiary/aromatic N) is 4. The molecule has 4 aromatic heterocycles. The summed E-state index contributed by atoms with van der Waals surface area (Å²) < 4.78 is 0.693. The van der Waals surface area contributed by atoms with Crippen molar-refractivity contribution in [3.05, 3.63) is 59.6 Å². The van der Waals surface area contributed by atoms with E-state index < -0.39 is 0 Å². The summed E-state index contributed by atoms with van der Waals surface area (Å²) in [4.78, 5) is 16.2. The molecular formula is C16H13BrN6. The van der Waals surface area contributed by atoms with E-state index in [2.05, 4.69) is 35.9 Å². The molecule has 23 heavy (non-hydrogen) atoms. The Morgan fingerprint density at radius 2 is 1.52 bits per heavy atom. The molecule has 0 radical (unpaired) electrons. The lowest BCUT2D eigenvalue weighted by Crippen LogP contribution is -1.91. The van der Waals surface area contributed by atoms with E-state index in [4.69, 9.17) is 11.5 Å². The lowest BCUT2D eigenvalue weighted by Gasteiger charge is -1.99. The van der Waals surface area contributed by atoms with Crippen LogP contribution in [0.1, 0.15) is 0 Å². The molecule has 4 N–H and O–H groups in total. The second-order valence-electron chi connectivity index (χ2n) is 4.72. The lowest BCUT2D eigenvalue weighted by atomic mass is 10.2. The summed E-state index contributed by atoms with van der Waals surface area (Å²) in [7, 11) is 0. The van der Waals surface area contributed by atoms with Crippen LogP contribution in [0, 0.1) is 0 Å². The number of hydrogen-bond donors (Lipinski definition) is 2. The third-order valence-corrected chi connectivity index (χ3v) is 3.63. The Hall–Kier alpha value is -2.80. The zero-order valence-corrected chi connectivity index (χ0v) is 13.6. The molecule has 0 bridgehead atoms. The van der Waals surface area contributed by atoms with Gasteiger partial charge in [0, 0.05) is 23.2 Å². The van der Waals surface area contributed by atoms with E-state index in [1.807, 2.05) is 30.3 Å². The predicted octanol–water partition coefficient (Wildman–Crippen LogP) is 3.19. The van der Waals surface area contributed by atoms with Crippen molar-refractivity contribution >= 4 is 49.4 Å². The fraction of sp³-hybridized carbons (Fsp3) is 0. The number of nitrogen functional groups attached to an aromatic ring is 2. The molecule has 0 saturated carbocycles.